The lowest BCUT2D eigenvalue weighted by molar-refractivity contribution is -0.143. The van der Waals surface area contributed by atoms with E-state index < -0.39 is 12.1 Å². The van der Waals surface area contributed by atoms with Crippen LogP contribution in [0.25, 0.3) is 0 Å². The number of carbonyl (C=O) groups excluding carboxylic acids is 2. The summed E-state index contributed by atoms with van der Waals surface area (Å²) in [6, 6.07) is -0.554. The van der Waals surface area contributed by atoms with Crippen molar-refractivity contribution in [2.75, 3.05) is 13.2 Å². The van der Waals surface area contributed by atoms with Crippen LogP contribution in [0.5, 0.6) is 0 Å². The maximum absolute atomic E-state index is 12.5. The second-order valence-electron chi connectivity index (χ2n) is 18.2. The van der Waals surface area contributed by atoms with E-state index in [1.807, 2.05) is 0 Å². The van der Waals surface area contributed by atoms with E-state index >= 15 is 0 Å². The number of ether oxygens (including phenoxy) is 1. The molecule has 0 aliphatic rings. The molecule has 1 amide bonds. The molecule has 0 aromatic heterocycles. The fourth-order valence-electron chi connectivity index (χ4n) is 8.00. The van der Waals surface area contributed by atoms with Gasteiger partial charge in [-0.25, -0.2) is 0 Å². The number of aliphatic hydroxyl groups excluding tert-OH is 2. The van der Waals surface area contributed by atoms with Crippen molar-refractivity contribution in [2.45, 2.75) is 289 Å². The van der Waals surface area contributed by atoms with Gasteiger partial charge in [-0.3, -0.25) is 9.59 Å². The zero-order chi connectivity index (χ0) is 44.4. The molecule has 0 radical (unpaired) electrons. The smallest absolute Gasteiger partial charge is 0.305 e. The van der Waals surface area contributed by atoms with Crippen LogP contribution in [0.4, 0.5) is 0 Å². The first-order valence-electron chi connectivity index (χ1n) is 26.7. The molecule has 0 aromatic rings. The molecular weight excluding hydrogens is 755 g/mol. The molecule has 0 aliphatic heterocycles. The number of unbranched alkanes of at least 4 members (excludes halogenated alkanes) is 32. The van der Waals surface area contributed by atoms with Crippen LogP contribution in [0.3, 0.4) is 0 Å². The van der Waals surface area contributed by atoms with E-state index in [0.717, 1.165) is 83.5 Å². The van der Waals surface area contributed by atoms with Gasteiger partial charge in [0.15, 0.2) is 0 Å². The number of amides is 1. The van der Waals surface area contributed by atoms with Gasteiger partial charge in [0, 0.05) is 12.8 Å². The summed E-state index contributed by atoms with van der Waals surface area (Å²) in [7, 11) is 0. The summed E-state index contributed by atoms with van der Waals surface area (Å²) in [6.45, 7) is 4.87. The Morgan fingerprint density at radius 1 is 0.459 bits per heavy atom. The highest BCUT2D eigenvalue weighted by atomic mass is 16.5. The molecule has 61 heavy (non-hydrogen) atoms. The molecule has 3 N–H and O–H groups in total. The van der Waals surface area contributed by atoms with Crippen LogP contribution in [-0.4, -0.2) is 47.4 Å². The Balaban J connectivity index is 3.52. The van der Waals surface area contributed by atoms with Gasteiger partial charge in [-0.05, 0) is 83.5 Å². The molecule has 0 aliphatic carbocycles. The van der Waals surface area contributed by atoms with Crippen molar-refractivity contribution in [3.05, 3.63) is 36.5 Å². The van der Waals surface area contributed by atoms with Crippen molar-refractivity contribution in [1.29, 1.82) is 0 Å². The molecule has 6 heteroatoms. The van der Waals surface area contributed by atoms with Gasteiger partial charge >= 0.3 is 5.97 Å². The standard InChI is InChI=1S/C55H103NO5/c1-3-5-7-9-11-13-15-16-17-21-24-28-31-35-39-43-47-53(58)52(51-57)56-54(59)48-44-40-36-32-29-25-22-19-18-20-23-26-30-34-38-42-46-50-61-55(60)49-45-41-37-33-27-14-12-10-8-6-4-2/h10,12,18,20,26,30,52-53,57-58H,3-9,11,13-17,19,21-25,27-29,31-51H2,1-2H3,(H,56,59)/b12-10-,20-18-,30-26-. The van der Waals surface area contributed by atoms with E-state index in [2.05, 4.69) is 55.6 Å². The maximum atomic E-state index is 12.5. The molecule has 2 atom stereocenters. The number of hydrogen-bond acceptors (Lipinski definition) is 5. The number of carbonyl (C=O) groups is 2. The number of esters is 1. The second kappa shape index (κ2) is 50.7. The van der Waals surface area contributed by atoms with Gasteiger partial charge in [-0.1, -0.05) is 217 Å². The minimum absolute atomic E-state index is 0.0269. The highest BCUT2D eigenvalue weighted by Crippen LogP contribution is 2.16. The summed E-state index contributed by atoms with van der Waals surface area (Å²) in [5.74, 6) is -0.0779. The van der Waals surface area contributed by atoms with E-state index in [-0.39, 0.29) is 18.5 Å². The van der Waals surface area contributed by atoms with Crippen molar-refractivity contribution in [1.82, 2.24) is 5.32 Å². The molecule has 2 unspecified atom stereocenters. The van der Waals surface area contributed by atoms with Crippen LogP contribution in [-0.2, 0) is 14.3 Å². The van der Waals surface area contributed by atoms with Crippen LogP contribution >= 0.6 is 0 Å². The molecule has 0 rings (SSSR count). The summed E-state index contributed by atoms with van der Waals surface area (Å²) in [6.07, 6.45) is 61.2. The molecule has 0 spiro atoms. The largest absolute Gasteiger partial charge is 0.466 e. The van der Waals surface area contributed by atoms with Gasteiger partial charge in [-0.15, -0.1) is 0 Å². The molecule has 6 nitrogen and oxygen atoms in total. The van der Waals surface area contributed by atoms with Crippen LogP contribution in [0.2, 0.25) is 0 Å². The molecule has 0 aromatic carbocycles. The van der Waals surface area contributed by atoms with Crippen molar-refractivity contribution >= 4 is 11.9 Å². The topological polar surface area (TPSA) is 95.9 Å². The third kappa shape index (κ3) is 47.4. The van der Waals surface area contributed by atoms with E-state index in [0.29, 0.717) is 25.9 Å². The van der Waals surface area contributed by atoms with Crippen molar-refractivity contribution < 1.29 is 24.5 Å². The van der Waals surface area contributed by atoms with Gasteiger partial charge in [0.1, 0.15) is 0 Å². The third-order valence-electron chi connectivity index (χ3n) is 12.2. The van der Waals surface area contributed by atoms with Crippen LogP contribution < -0.4 is 5.32 Å². The van der Waals surface area contributed by atoms with Crippen molar-refractivity contribution in [3.63, 3.8) is 0 Å². The first kappa shape index (κ1) is 59.1. The van der Waals surface area contributed by atoms with Crippen molar-refractivity contribution in [3.8, 4) is 0 Å². The molecule has 0 saturated heterocycles. The highest BCUT2D eigenvalue weighted by Gasteiger charge is 2.20. The summed E-state index contributed by atoms with van der Waals surface area (Å²) >= 11 is 0. The minimum Gasteiger partial charge on any atom is -0.466 e. The Hall–Kier alpha value is -1.92. The summed E-state index contributed by atoms with van der Waals surface area (Å²) in [5.41, 5.74) is 0. The van der Waals surface area contributed by atoms with Crippen LogP contribution in [0.15, 0.2) is 36.5 Å². The van der Waals surface area contributed by atoms with E-state index in [1.54, 1.807) is 0 Å². The minimum atomic E-state index is -0.675. The lowest BCUT2D eigenvalue weighted by atomic mass is 10.0. The number of nitrogens with one attached hydrogen (secondary N) is 1. The summed E-state index contributed by atoms with van der Waals surface area (Å²) < 4.78 is 5.42. The molecule has 358 valence electrons. The average Bonchev–Trinajstić information content (AvgIpc) is 3.26. The third-order valence-corrected chi connectivity index (χ3v) is 12.2. The van der Waals surface area contributed by atoms with E-state index in [1.165, 1.54) is 161 Å². The average molecular weight is 858 g/mol. The first-order chi connectivity index (χ1) is 30.0. The Morgan fingerprint density at radius 2 is 0.836 bits per heavy atom. The van der Waals surface area contributed by atoms with E-state index in [4.69, 9.17) is 4.74 Å². The maximum Gasteiger partial charge on any atom is 0.305 e. The Bertz CT molecular complexity index is 993. The van der Waals surface area contributed by atoms with Crippen LogP contribution in [0, 0.1) is 0 Å². The van der Waals surface area contributed by atoms with Gasteiger partial charge in [0.25, 0.3) is 0 Å². The Labute approximate surface area is 379 Å². The van der Waals surface area contributed by atoms with Gasteiger partial charge in [0.05, 0.1) is 25.4 Å². The SMILES string of the molecule is CCCC/C=C\CCCCCCCC(=O)OCCCCC/C=C\C/C=C\CCCCCCCCCC(=O)NC(CO)C(O)CCCCCCCCCCCCCCCCCC. The second-order valence-corrected chi connectivity index (χ2v) is 18.2. The monoisotopic (exact) mass is 858 g/mol. The molecule has 0 bridgehead atoms. The zero-order valence-corrected chi connectivity index (χ0v) is 40.6. The fraction of sp³-hybridized carbons (Fsp3) is 0.855. The number of aliphatic hydroxyl groups is 2. The number of allylic oxidation sites excluding steroid dienone is 6. The number of rotatable bonds is 49. The van der Waals surface area contributed by atoms with Gasteiger partial charge in [-0.2, -0.15) is 0 Å². The lowest BCUT2D eigenvalue weighted by Crippen LogP contribution is -2.45. The number of hydrogen-bond donors (Lipinski definition) is 3. The van der Waals surface area contributed by atoms with E-state index in [9.17, 15) is 19.8 Å². The van der Waals surface area contributed by atoms with Gasteiger partial charge in [0.2, 0.25) is 5.91 Å². The predicted molar refractivity (Wildman–Crippen MR) is 264 cm³/mol. The normalized spacial score (nSPS) is 12.9. The molecule has 0 fully saturated rings. The Morgan fingerprint density at radius 3 is 1.31 bits per heavy atom. The molecule has 0 heterocycles. The zero-order valence-electron chi connectivity index (χ0n) is 40.6. The molecule has 0 saturated carbocycles. The Kier molecular flexibility index (Phi) is 49.1. The first-order valence-corrected chi connectivity index (χ1v) is 26.7. The lowest BCUT2D eigenvalue weighted by Gasteiger charge is -2.22. The van der Waals surface area contributed by atoms with Crippen molar-refractivity contribution in [2.24, 2.45) is 0 Å². The quantitative estimate of drug-likeness (QED) is 0.0322. The molecular formula is C55H103NO5. The summed E-state index contributed by atoms with van der Waals surface area (Å²) in [5, 5.41) is 23.2. The summed E-state index contributed by atoms with van der Waals surface area (Å²) in [4.78, 5) is 24.4. The van der Waals surface area contributed by atoms with Crippen LogP contribution in [0.1, 0.15) is 277 Å². The highest BCUT2D eigenvalue weighted by molar-refractivity contribution is 5.76. The van der Waals surface area contributed by atoms with Gasteiger partial charge < -0.3 is 20.3 Å². The predicted octanol–water partition coefficient (Wildman–Crippen LogP) is 16.1. The fourth-order valence-corrected chi connectivity index (χ4v) is 8.00.